The van der Waals surface area contributed by atoms with Crippen molar-refractivity contribution in [3.8, 4) is 0 Å². The summed E-state index contributed by atoms with van der Waals surface area (Å²) in [7, 11) is 0. The SMILES string of the molecule is CCc1cc(Br)ccc1C(O)C(O)CCNC(C)=O. The van der Waals surface area contributed by atoms with Crippen molar-refractivity contribution in [3.05, 3.63) is 33.8 Å². The van der Waals surface area contributed by atoms with Crippen molar-refractivity contribution in [1.29, 1.82) is 0 Å². The Morgan fingerprint density at radius 3 is 2.68 bits per heavy atom. The molecule has 0 heterocycles. The van der Waals surface area contributed by atoms with E-state index < -0.39 is 12.2 Å². The Morgan fingerprint density at radius 1 is 1.42 bits per heavy atom. The number of aryl methyl sites for hydroxylation is 1. The molecule has 0 aliphatic rings. The molecule has 0 saturated heterocycles. The van der Waals surface area contributed by atoms with Gasteiger partial charge in [-0.1, -0.05) is 28.9 Å². The fraction of sp³-hybridized carbons (Fsp3) is 0.500. The number of aliphatic hydroxyl groups is 2. The molecule has 3 N–H and O–H groups in total. The minimum absolute atomic E-state index is 0.139. The summed E-state index contributed by atoms with van der Waals surface area (Å²) < 4.78 is 0.952. The minimum Gasteiger partial charge on any atom is -0.390 e. The summed E-state index contributed by atoms with van der Waals surface area (Å²) in [6.45, 7) is 3.78. The van der Waals surface area contributed by atoms with Gasteiger partial charge in [0.1, 0.15) is 6.10 Å². The number of halogens is 1. The highest BCUT2D eigenvalue weighted by Gasteiger charge is 2.20. The lowest BCUT2D eigenvalue weighted by atomic mass is 9.96. The van der Waals surface area contributed by atoms with Crippen molar-refractivity contribution in [3.63, 3.8) is 0 Å². The number of carbonyl (C=O) groups excluding carboxylic acids is 1. The standard InChI is InChI=1S/C14H20BrNO3/c1-3-10-8-11(15)4-5-12(10)14(19)13(18)6-7-16-9(2)17/h4-5,8,13-14,18-19H,3,6-7H2,1-2H3,(H,16,17). The van der Waals surface area contributed by atoms with Crippen LogP contribution in [0, 0.1) is 0 Å². The predicted octanol–water partition coefficient (Wildman–Crippen LogP) is 1.93. The van der Waals surface area contributed by atoms with Crippen LogP contribution in [0.1, 0.15) is 37.5 Å². The van der Waals surface area contributed by atoms with Crippen LogP contribution < -0.4 is 5.32 Å². The number of benzene rings is 1. The molecule has 2 unspecified atom stereocenters. The van der Waals surface area contributed by atoms with Crippen LogP contribution in [-0.4, -0.2) is 28.8 Å². The summed E-state index contributed by atoms with van der Waals surface area (Å²) in [6.07, 6.45) is -0.723. The van der Waals surface area contributed by atoms with Crippen molar-refractivity contribution in [1.82, 2.24) is 5.32 Å². The van der Waals surface area contributed by atoms with Crippen LogP contribution in [0.2, 0.25) is 0 Å². The zero-order valence-electron chi connectivity index (χ0n) is 11.2. The molecule has 4 nitrogen and oxygen atoms in total. The van der Waals surface area contributed by atoms with E-state index in [9.17, 15) is 15.0 Å². The molecular formula is C14H20BrNO3. The van der Waals surface area contributed by atoms with Gasteiger partial charge < -0.3 is 15.5 Å². The van der Waals surface area contributed by atoms with E-state index in [0.29, 0.717) is 13.0 Å². The second-order valence-corrected chi connectivity index (χ2v) is 5.40. The van der Waals surface area contributed by atoms with Gasteiger partial charge >= 0.3 is 0 Å². The van der Waals surface area contributed by atoms with Crippen molar-refractivity contribution in [2.45, 2.75) is 38.9 Å². The predicted molar refractivity (Wildman–Crippen MR) is 77.8 cm³/mol. The monoisotopic (exact) mass is 329 g/mol. The Labute approximate surface area is 122 Å². The van der Waals surface area contributed by atoms with Gasteiger partial charge in [-0.15, -0.1) is 0 Å². The van der Waals surface area contributed by atoms with Gasteiger partial charge in [0.15, 0.2) is 0 Å². The number of rotatable bonds is 6. The van der Waals surface area contributed by atoms with Crippen molar-refractivity contribution in [2.75, 3.05) is 6.54 Å². The van der Waals surface area contributed by atoms with E-state index in [1.165, 1.54) is 6.92 Å². The highest BCUT2D eigenvalue weighted by atomic mass is 79.9. The molecule has 0 bridgehead atoms. The normalized spacial score (nSPS) is 13.9. The molecule has 1 aromatic rings. The average molecular weight is 330 g/mol. The van der Waals surface area contributed by atoms with Crippen LogP contribution in [0.25, 0.3) is 0 Å². The van der Waals surface area contributed by atoms with E-state index in [0.717, 1.165) is 22.0 Å². The van der Waals surface area contributed by atoms with Gasteiger partial charge in [0, 0.05) is 17.9 Å². The van der Waals surface area contributed by atoms with Crippen LogP contribution in [0.3, 0.4) is 0 Å². The first-order chi connectivity index (χ1) is 8.95. The van der Waals surface area contributed by atoms with E-state index >= 15 is 0 Å². The molecule has 1 rings (SSSR count). The topological polar surface area (TPSA) is 69.6 Å². The molecule has 0 aliphatic heterocycles. The lowest BCUT2D eigenvalue weighted by molar-refractivity contribution is -0.119. The third kappa shape index (κ3) is 4.93. The largest absolute Gasteiger partial charge is 0.390 e. The first-order valence-electron chi connectivity index (χ1n) is 6.34. The average Bonchev–Trinajstić information content (AvgIpc) is 2.37. The fourth-order valence-electron chi connectivity index (χ4n) is 1.93. The smallest absolute Gasteiger partial charge is 0.216 e. The number of hydrogen-bond acceptors (Lipinski definition) is 3. The summed E-state index contributed by atoms with van der Waals surface area (Å²) in [5, 5.41) is 22.7. The van der Waals surface area contributed by atoms with Crippen molar-refractivity contribution in [2.24, 2.45) is 0 Å². The summed E-state index contributed by atoms with van der Waals surface area (Å²) in [4.78, 5) is 10.7. The number of aliphatic hydroxyl groups excluding tert-OH is 2. The quantitative estimate of drug-likeness (QED) is 0.746. The van der Waals surface area contributed by atoms with Gasteiger partial charge in [0.05, 0.1) is 6.10 Å². The molecule has 2 atom stereocenters. The third-order valence-electron chi connectivity index (χ3n) is 2.98. The fourth-order valence-corrected chi connectivity index (χ4v) is 2.34. The molecule has 19 heavy (non-hydrogen) atoms. The lowest BCUT2D eigenvalue weighted by Gasteiger charge is -2.21. The van der Waals surface area contributed by atoms with Gasteiger partial charge in [-0.3, -0.25) is 4.79 Å². The van der Waals surface area contributed by atoms with Crippen LogP contribution in [0.5, 0.6) is 0 Å². The molecule has 106 valence electrons. The summed E-state index contributed by atoms with van der Waals surface area (Å²) in [5.41, 5.74) is 1.74. The number of amides is 1. The molecule has 1 amide bonds. The van der Waals surface area contributed by atoms with Crippen LogP contribution in [-0.2, 0) is 11.2 Å². The Balaban J connectivity index is 2.70. The maximum Gasteiger partial charge on any atom is 0.216 e. The second kappa shape index (κ2) is 7.62. The minimum atomic E-state index is -0.934. The van der Waals surface area contributed by atoms with Gasteiger partial charge in [-0.2, -0.15) is 0 Å². The van der Waals surface area contributed by atoms with E-state index in [4.69, 9.17) is 0 Å². The molecular weight excluding hydrogens is 310 g/mol. The molecule has 0 radical (unpaired) electrons. The molecule has 5 heteroatoms. The first-order valence-corrected chi connectivity index (χ1v) is 7.14. The molecule has 0 saturated carbocycles. The maximum atomic E-state index is 10.7. The Kier molecular flexibility index (Phi) is 6.48. The molecule has 0 aromatic heterocycles. The zero-order chi connectivity index (χ0) is 14.4. The molecule has 1 aromatic carbocycles. The zero-order valence-corrected chi connectivity index (χ0v) is 12.8. The number of nitrogens with one attached hydrogen (secondary N) is 1. The third-order valence-corrected chi connectivity index (χ3v) is 3.48. The number of hydrogen-bond donors (Lipinski definition) is 3. The molecule has 0 fully saturated rings. The van der Waals surface area contributed by atoms with Crippen LogP contribution >= 0.6 is 15.9 Å². The first kappa shape index (κ1) is 16.1. The van der Waals surface area contributed by atoms with Gasteiger partial charge in [0.2, 0.25) is 5.91 Å². The van der Waals surface area contributed by atoms with E-state index in [1.54, 1.807) is 0 Å². The van der Waals surface area contributed by atoms with Gasteiger partial charge in [-0.05, 0) is 36.1 Å². The highest BCUT2D eigenvalue weighted by molar-refractivity contribution is 9.10. The summed E-state index contributed by atoms with van der Waals surface area (Å²) in [6, 6.07) is 5.60. The maximum absolute atomic E-state index is 10.7. The summed E-state index contributed by atoms with van der Waals surface area (Å²) >= 11 is 3.39. The van der Waals surface area contributed by atoms with Crippen LogP contribution in [0.15, 0.2) is 22.7 Å². The van der Waals surface area contributed by atoms with Crippen LogP contribution in [0.4, 0.5) is 0 Å². The van der Waals surface area contributed by atoms with Crippen molar-refractivity contribution < 1.29 is 15.0 Å². The summed E-state index contributed by atoms with van der Waals surface area (Å²) in [5.74, 6) is -0.139. The number of carbonyl (C=O) groups is 1. The lowest BCUT2D eigenvalue weighted by Crippen LogP contribution is -2.28. The Bertz CT molecular complexity index is 437. The van der Waals surface area contributed by atoms with E-state index in [-0.39, 0.29) is 5.91 Å². The molecule has 0 aliphatic carbocycles. The van der Waals surface area contributed by atoms with Gasteiger partial charge in [0.25, 0.3) is 0 Å². The van der Waals surface area contributed by atoms with Gasteiger partial charge in [-0.25, -0.2) is 0 Å². The molecule has 0 spiro atoms. The Morgan fingerprint density at radius 2 is 2.11 bits per heavy atom. The Hall–Kier alpha value is -0.910. The van der Waals surface area contributed by atoms with Crippen molar-refractivity contribution >= 4 is 21.8 Å². The second-order valence-electron chi connectivity index (χ2n) is 4.48. The van der Waals surface area contributed by atoms with E-state index in [2.05, 4.69) is 21.2 Å². The highest BCUT2D eigenvalue weighted by Crippen LogP contribution is 2.26. The van der Waals surface area contributed by atoms with E-state index in [1.807, 2.05) is 25.1 Å².